The Morgan fingerprint density at radius 2 is 1.82 bits per heavy atom. The molecule has 17 heavy (non-hydrogen) atoms. The fourth-order valence-electron chi connectivity index (χ4n) is 1.30. The van der Waals surface area contributed by atoms with Crippen LogP contribution in [-0.4, -0.2) is 40.5 Å². The van der Waals surface area contributed by atoms with Gasteiger partial charge in [0, 0.05) is 10.1 Å². The van der Waals surface area contributed by atoms with E-state index in [0.29, 0.717) is 11.4 Å². The molecule has 1 aromatic rings. The molecule has 0 saturated carbocycles. The summed E-state index contributed by atoms with van der Waals surface area (Å²) in [6.45, 7) is 1.34. The zero-order chi connectivity index (χ0) is 12.9. The highest BCUT2D eigenvalue weighted by molar-refractivity contribution is 14.1. The van der Waals surface area contributed by atoms with E-state index in [9.17, 15) is 8.42 Å². The van der Waals surface area contributed by atoms with Crippen LogP contribution in [0, 0.1) is 3.57 Å². The van der Waals surface area contributed by atoms with E-state index in [1.807, 2.05) is 19.0 Å². The summed E-state index contributed by atoms with van der Waals surface area (Å²) in [4.78, 5) is 2.35. The maximum Gasteiger partial charge on any atom is 0.240 e. The van der Waals surface area contributed by atoms with Crippen LogP contribution in [0.25, 0.3) is 0 Å². The standard InChI is InChI=1S/C11H17IN2O2S/c1-14(2)9-3-8-13-17(15,16)11-6-4-10(12)5-7-11/h4-7,13H,3,8-9H2,1-2H3. The molecule has 1 rings (SSSR count). The zero-order valence-corrected chi connectivity index (χ0v) is 13.0. The second kappa shape index (κ2) is 6.67. The molecule has 0 amide bonds. The minimum Gasteiger partial charge on any atom is -0.309 e. The van der Waals surface area contributed by atoms with Crippen molar-refractivity contribution in [1.29, 1.82) is 0 Å². The third-order valence-electron chi connectivity index (χ3n) is 2.20. The van der Waals surface area contributed by atoms with Crippen LogP contribution in [0.2, 0.25) is 0 Å². The molecule has 0 bridgehead atoms. The van der Waals surface area contributed by atoms with Crippen molar-refractivity contribution >= 4 is 32.6 Å². The van der Waals surface area contributed by atoms with Crippen molar-refractivity contribution in [2.45, 2.75) is 11.3 Å². The van der Waals surface area contributed by atoms with Crippen molar-refractivity contribution < 1.29 is 8.42 Å². The molecule has 0 radical (unpaired) electrons. The lowest BCUT2D eigenvalue weighted by molar-refractivity contribution is 0.400. The molecule has 0 aliphatic carbocycles. The molecule has 1 aromatic carbocycles. The van der Waals surface area contributed by atoms with Crippen molar-refractivity contribution in [2.75, 3.05) is 27.2 Å². The number of halogens is 1. The molecule has 0 aliphatic heterocycles. The number of hydrogen-bond donors (Lipinski definition) is 1. The van der Waals surface area contributed by atoms with E-state index in [1.54, 1.807) is 24.3 Å². The summed E-state index contributed by atoms with van der Waals surface area (Å²) >= 11 is 2.15. The molecule has 0 unspecified atom stereocenters. The number of nitrogens with zero attached hydrogens (tertiary/aromatic N) is 1. The van der Waals surface area contributed by atoms with E-state index in [4.69, 9.17) is 0 Å². The Balaban J connectivity index is 2.54. The monoisotopic (exact) mass is 368 g/mol. The number of rotatable bonds is 6. The lowest BCUT2D eigenvalue weighted by Crippen LogP contribution is -2.27. The van der Waals surface area contributed by atoms with E-state index < -0.39 is 10.0 Å². The van der Waals surface area contributed by atoms with Crippen molar-refractivity contribution in [3.8, 4) is 0 Å². The van der Waals surface area contributed by atoms with Crippen LogP contribution in [0.1, 0.15) is 6.42 Å². The minimum absolute atomic E-state index is 0.322. The minimum atomic E-state index is -3.35. The van der Waals surface area contributed by atoms with Gasteiger partial charge in [0.2, 0.25) is 10.0 Å². The Labute approximate surface area is 117 Å². The van der Waals surface area contributed by atoms with Gasteiger partial charge in [0.05, 0.1) is 4.90 Å². The Kier molecular flexibility index (Phi) is 5.84. The molecule has 6 heteroatoms. The summed E-state index contributed by atoms with van der Waals surface area (Å²) in [6, 6.07) is 6.82. The number of hydrogen-bond acceptors (Lipinski definition) is 3. The topological polar surface area (TPSA) is 49.4 Å². The van der Waals surface area contributed by atoms with Crippen LogP contribution >= 0.6 is 22.6 Å². The average Bonchev–Trinajstić information content (AvgIpc) is 2.25. The highest BCUT2D eigenvalue weighted by Gasteiger charge is 2.12. The van der Waals surface area contributed by atoms with E-state index in [2.05, 4.69) is 27.3 Å². The zero-order valence-electron chi connectivity index (χ0n) is 9.98. The third-order valence-corrected chi connectivity index (χ3v) is 4.39. The molecule has 0 aromatic heterocycles. The Morgan fingerprint density at radius 1 is 1.24 bits per heavy atom. The van der Waals surface area contributed by atoms with Gasteiger partial charge >= 0.3 is 0 Å². The van der Waals surface area contributed by atoms with Crippen molar-refractivity contribution in [1.82, 2.24) is 9.62 Å². The fraction of sp³-hybridized carbons (Fsp3) is 0.455. The van der Waals surface area contributed by atoms with Gasteiger partial charge in [0.15, 0.2) is 0 Å². The van der Waals surface area contributed by atoms with Crippen LogP contribution < -0.4 is 4.72 Å². The summed E-state index contributed by atoms with van der Waals surface area (Å²) in [5, 5.41) is 0. The smallest absolute Gasteiger partial charge is 0.240 e. The normalized spacial score (nSPS) is 12.0. The van der Waals surface area contributed by atoms with Crippen molar-refractivity contribution in [3.05, 3.63) is 27.8 Å². The first-order valence-electron chi connectivity index (χ1n) is 5.32. The highest BCUT2D eigenvalue weighted by Crippen LogP contribution is 2.11. The third kappa shape index (κ3) is 5.33. The van der Waals surface area contributed by atoms with Gasteiger partial charge in [-0.2, -0.15) is 0 Å². The Bertz CT molecular complexity index is 443. The van der Waals surface area contributed by atoms with Crippen molar-refractivity contribution in [3.63, 3.8) is 0 Å². The predicted molar refractivity (Wildman–Crippen MR) is 77.5 cm³/mol. The lowest BCUT2D eigenvalue weighted by Gasteiger charge is -2.10. The van der Waals surface area contributed by atoms with Gasteiger partial charge in [-0.15, -0.1) is 0 Å². The van der Waals surface area contributed by atoms with Gasteiger partial charge in [0.25, 0.3) is 0 Å². The van der Waals surface area contributed by atoms with Gasteiger partial charge in [-0.05, 0) is 73.9 Å². The van der Waals surface area contributed by atoms with E-state index in [-0.39, 0.29) is 0 Å². The van der Waals surface area contributed by atoms with E-state index >= 15 is 0 Å². The van der Waals surface area contributed by atoms with Gasteiger partial charge in [-0.3, -0.25) is 0 Å². The second-order valence-electron chi connectivity index (χ2n) is 4.01. The molecule has 0 saturated heterocycles. The first kappa shape index (κ1) is 14.9. The fourth-order valence-corrected chi connectivity index (χ4v) is 2.73. The van der Waals surface area contributed by atoms with Crippen LogP contribution in [0.5, 0.6) is 0 Å². The second-order valence-corrected chi connectivity index (χ2v) is 7.02. The average molecular weight is 368 g/mol. The molecule has 96 valence electrons. The maximum atomic E-state index is 11.9. The summed E-state index contributed by atoms with van der Waals surface area (Å²) < 4.78 is 27.3. The first-order chi connectivity index (χ1) is 7.92. The summed E-state index contributed by atoms with van der Waals surface area (Å²) in [5.74, 6) is 0. The van der Waals surface area contributed by atoms with Gasteiger partial charge in [-0.25, -0.2) is 13.1 Å². The van der Waals surface area contributed by atoms with E-state index in [1.165, 1.54) is 0 Å². The Hall–Kier alpha value is -0.180. The lowest BCUT2D eigenvalue weighted by atomic mass is 10.4. The number of benzene rings is 1. The highest BCUT2D eigenvalue weighted by atomic mass is 127. The molecule has 0 spiro atoms. The quantitative estimate of drug-likeness (QED) is 0.612. The van der Waals surface area contributed by atoms with Crippen molar-refractivity contribution in [2.24, 2.45) is 0 Å². The predicted octanol–water partition coefficient (Wildman–Crippen LogP) is 1.52. The molecular weight excluding hydrogens is 351 g/mol. The first-order valence-corrected chi connectivity index (χ1v) is 7.88. The molecule has 0 heterocycles. The number of nitrogens with one attached hydrogen (secondary N) is 1. The van der Waals surface area contributed by atoms with Gasteiger partial charge in [0.1, 0.15) is 0 Å². The SMILES string of the molecule is CN(C)CCCNS(=O)(=O)c1ccc(I)cc1. The van der Waals surface area contributed by atoms with Gasteiger partial charge < -0.3 is 4.90 Å². The van der Waals surface area contributed by atoms with E-state index in [0.717, 1.165) is 16.5 Å². The molecule has 0 atom stereocenters. The molecular formula is C11H17IN2O2S. The number of sulfonamides is 1. The van der Waals surface area contributed by atoms with Crippen LogP contribution in [0.3, 0.4) is 0 Å². The Morgan fingerprint density at radius 3 is 2.35 bits per heavy atom. The van der Waals surface area contributed by atoms with Crippen LogP contribution in [-0.2, 0) is 10.0 Å². The molecule has 1 N–H and O–H groups in total. The largest absolute Gasteiger partial charge is 0.309 e. The summed E-state index contributed by atoms with van der Waals surface area (Å²) in [7, 11) is 0.585. The van der Waals surface area contributed by atoms with Gasteiger partial charge in [-0.1, -0.05) is 0 Å². The summed E-state index contributed by atoms with van der Waals surface area (Å²) in [5.41, 5.74) is 0. The summed E-state index contributed by atoms with van der Waals surface area (Å²) in [6.07, 6.45) is 0.802. The maximum absolute atomic E-state index is 11.9. The molecule has 0 aliphatic rings. The van der Waals surface area contributed by atoms with Crippen LogP contribution in [0.4, 0.5) is 0 Å². The van der Waals surface area contributed by atoms with Crippen LogP contribution in [0.15, 0.2) is 29.2 Å². The molecule has 4 nitrogen and oxygen atoms in total. The molecule has 0 fully saturated rings.